The van der Waals surface area contributed by atoms with Crippen LogP contribution in [0.5, 0.6) is 0 Å². The summed E-state index contributed by atoms with van der Waals surface area (Å²) in [4.78, 5) is 26.7. The van der Waals surface area contributed by atoms with Crippen LogP contribution >= 0.6 is 0 Å². The Labute approximate surface area is 533 Å². The lowest BCUT2D eigenvalue weighted by Crippen LogP contribution is -2.61. The number of aliphatic hydroxyl groups excluding tert-OH is 5. The van der Waals surface area contributed by atoms with Crippen molar-refractivity contribution < 1.29 is 49.3 Å². The van der Waals surface area contributed by atoms with E-state index in [0.717, 1.165) is 89.9 Å². The quantitative estimate of drug-likeness (QED) is 0.0195. The Balaban J connectivity index is 2.55. The number of aliphatic hydroxyl groups is 5. The molecule has 1 heterocycles. The zero-order chi connectivity index (χ0) is 63.1. The number of rotatable bonds is 62. The SMILES string of the molecule is CCCCC/C=C\C/C=C\C/C=C\C/C=C\CCCCCCCCCCC(O)C(=O)NC(COC1OC(CO)C(O)C(O)C1OC(=O)CCCCCCCCCCCCCCC/C=C\C/C=C\CCCCC)C(O)/C=C/CCCCCCCCCCC. The molecule has 504 valence electrons. The van der Waals surface area contributed by atoms with Crippen LogP contribution < -0.4 is 5.32 Å². The van der Waals surface area contributed by atoms with Gasteiger partial charge in [0.25, 0.3) is 0 Å². The fraction of sp³-hybridized carbons (Fsp3) is 0.789. The van der Waals surface area contributed by atoms with Gasteiger partial charge in [0.15, 0.2) is 12.4 Å². The molecule has 1 saturated heterocycles. The van der Waals surface area contributed by atoms with Crippen molar-refractivity contribution in [3.8, 4) is 0 Å². The van der Waals surface area contributed by atoms with E-state index in [4.69, 9.17) is 14.2 Å². The summed E-state index contributed by atoms with van der Waals surface area (Å²) >= 11 is 0. The summed E-state index contributed by atoms with van der Waals surface area (Å²) in [7, 11) is 0. The molecule has 8 atom stereocenters. The van der Waals surface area contributed by atoms with Gasteiger partial charge in [0.2, 0.25) is 5.91 Å². The third kappa shape index (κ3) is 50.2. The number of hydrogen-bond acceptors (Lipinski definition) is 10. The standard InChI is InChI=1S/C76H135NO10/c1-4-7-10-13-16-19-22-24-26-28-30-32-34-36-37-39-41-43-45-48-51-54-57-60-63-69(80)75(84)77-67(68(79)62-59-56-53-50-47-21-18-15-12-9-6-3)66-85-76-74(73(83)72(82)70(65-78)86-76)87-71(81)64-61-58-55-52-49-46-44-42-40-38-35-33-31-29-27-25-23-20-17-14-11-8-5-2/h16-17,19-20,24-27,30,32,36-37,59,62,67-70,72-74,76,78-80,82-83H,4-15,18,21-23,28-29,31,33-35,38-58,60-61,63-66H2,1-3H3,(H,77,84)/b19-16-,20-17-,26-24-,27-25-,32-30-,37-36-,62-59+. The molecule has 1 aliphatic rings. The van der Waals surface area contributed by atoms with E-state index in [1.807, 2.05) is 6.08 Å². The number of allylic oxidation sites excluding steroid dienone is 13. The maximum Gasteiger partial charge on any atom is 0.306 e. The molecule has 6 N–H and O–H groups in total. The topological polar surface area (TPSA) is 175 Å². The Kier molecular flexibility index (Phi) is 59.3. The van der Waals surface area contributed by atoms with Crippen LogP contribution in [0.2, 0.25) is 0 Å². The summed E-state index contributed by atoms with van der Waals surface area (Å²) in [5.41, 5.74) is 0. The molecule has 1 fully saturated rings. The van der Waals surface area contributed by atoms with Gasteiger partial charge in [-0.2, -0.15) is 0 Å². The summed E-state index contributed by atoms with van der Waals surface area (Å²) in [6.45, 7) is 5.76. The molecule has 0 aromatic heterocycles. The molecule has 87 heavy (non-hydrogen) atoms. The summed E-state index contributed by atoms with van der Waals surface area (Å²) in [6.07, 6.45) is 73.3. The van der Waals surface area contributed by atoms with Crippen LogP contribution in [0.25, 0.3) is 0 Å². The fourth-order valence-electron chi connectivity index (χ4n) is 11.0. The molecular formula is C76H135NO10. The second-order valence-corrected chi connectivity index (χ2v) is 25.0. The maximum absolute atomic E-state index is 13.5. The van der Waals surface area contributed by atoms with E-state index in [2.05, 4.69) is 99.0 Å². The molecule has 1 amide bonds. The van der Waals surface area contributed by atoms with Crippen molar-refractivity contribution in [1.29, 1.82) is 0 Å². The van der Waals surface area contributed by atoms with Gasteiger partial charge in [-0.25, -0.2) is 0 Å². The van der Waals surface area contributed by atoms with Crippen LogP contribution in [0.15, 0.2) is 85.1 Å². The number of hydrogen-bond donors (Lipinski definition) is 6. The molecule has 11 heteroatoms. The minimum atomic E-state index is -1.62. The van der Waals surface area contributed by atoms with Gasteiger partial charge in [0.1, 0.15) is 24.4 Å². The lowest BCUT2D eigenvalue weighted by Gasteiger charge is -2.41. The van der Waals surface area contributed by atoms with Gasteiger partial charge in [-0.05, 0) is 103 Å². The minimum Gasteiger partial charge on any atom is -0.454 e. The summed E-state index contributed by atoms with van der Waals surface area (Å²) < 4.78 is 17.7. The average Bonchev–Trinajstić information content (AvgIpc) is 1.30. The van der Waals surface area contributed by atoms with E-state index in [1.54, 1.807) is 6.08 Å². The van der Waals surface area contributed by atoms with Crippen molar-refractivity contribution in [1.82, 2.24) is 5.32 Å². The van der Waals surface area contributed by atoms with Gasteiger partial charge >= 0.3 is 5.97 Å². The number of carbonyl (C=O) groups excluding carboxylic acids is 2. The molecular weight excluding hydrogens is 1090 g/mol. The predicted octanol–water partition coefficient (Wildman–Crippen LogP) is 18.8. The second kappa shape index (κ2) is 63.0. The molecule has 0 aromatic carbocycles. The third-order valence-electron chi connectivity index (χ3n) is 16.8. The molecule has 0 aromatic rings. The molecule has 0 bridgehead atoms. The highest BCUT2D eigenvalue weighted by atomic mass is 16.7. The van der Waals surface area contributed by atoms with Gasteiger partial charge in [0.05, 0.1) is 25.4 Å². The Hall–Kier alpha value is -3.16. The van der Waals surface area contributed by atoms with Crippen molar-refractivity contribution in [3.05, 3.63) is 85.1 Å². The lowest BCUT2D eigenvalue weighted by atomic mass is 9.99. The van der Waals surface area contributed by atoms with Crippen molar-refractivity contribution in [2.45, 2.75) is 372 Å². The van der Waals surface area contributed by atoms with Gasteiger partial charge in [-0.3, -0.25) is 9.59 Å². The number of ether oxygens (including phenoxy) is 3. The highest BCUT2D eigenvalue weighted by Gasteiger charge is 2.47. The molecule has 0 radical (unpaired) electrons. The van der Waals surface area contributed by atoms with Gasteiger partial charge < -0.3 is 45.1 Å². The maximum atomic E-state index is 13.5. The van der Waals surface area contributed by atoms with Crippen LogP contribution in [0.4, 0.5) is 0 Å². The Morgan fingerprint density at radius 1 is 0.448 bits per heavy atom. The van der Waals surface area contributed by atoms with E-state index in [1.165, 1.54) is 186 Å². The van der Waals surface area contributed by atoms with E-state index >= 15 is 0 Å². The molecule has 0 saturated carbocycles. The van der Waals surface area contributed by atoms with Crippen molar-refractivity contribution in [2.24, 2.45) is 0 Å². The first kappa shape index (κ1) is 81.9. The number of carbonyl (C=O) groups is 2. The molecule has 1 rings (SSSR count). The molecule has 1 aliphatic heterocycles. The first-order chi connectivity index (χ1) is 42.7. The second-order valence-electron chi connectivity index (χ2n) is 25.0. The number of esters is 1. The van der Waals surface area contributed by atoms with Crippen LogP contribution in [0.3, 0.4) is 0 Å². The van der Waals surface area contributed by atoms with E-state index in [0.29, 0.717) is 12.8 Å². The highest BCUT2D eigenvalue weighted by molar-refractivity contribution is 5.80. The number of amides is 1. The van der Waals surface area contributed by atoms with Crippen LogP contribution in [0.1, 0.15) is 323 Å². The summed E-state index contributed by atoms with van der Waals surface area (Å²) in [5, 5.41) is 57.2. The molecule has 0 aliphatic carbocycles. The van der Waals surface area contributed by atoms with Gasteiger partial charge in [0, 0.05) is 6.42 Å². The van der Waals surface area contributed by atoms with Crippen LogP contribution in [-0.4, -0.2) is 99.6 Å². The largest absolute Gasteiger partial charge is 0.454 e. The normalized spacial score (nSPS) is 18.7. The number of nitrogens with one attached hydrogen (secondary N) is 1. The predicted molar refractivity (Wildman–Crippen MR) is 366 cm³/mol. The summed E-state index contributed by atoms with van der Waals surface area (Å²) in [5.74, 6) is -1.20. The van der Waals surface area contributed by atoms with Gasteiger partial charge in [-0.15, -0.1) is 0 Å². The molecule has 11 nitrogen and oxygen atoms in total. The van der Waals surface area contributed by atoms with E-state index in [-0.39, 0.29) is 19.4 Å². The number of unbranched alkanes of at least 4 members (excludes halogenated alkanes) is 36. The van der Waals surface area contributed by atoms with Crippen LogP contribution in [-0.2, 0) is 23.8 Å². The first-order valence-electron chi connectivity index (χ1n) is 36.4. The average molecular weight is 1220 g/mol. The Morgan fingerprint density at radius 3 is 1.21 bits per heavy atom. The lowest BCUT2D eigenvalue weighted by molar-refractivity contribution is -0.305. The zero-order valence-corrected chi connectivity index (χ0v) is 56.1. The van der Waals surface area contributed by atoms with Crippen LogP contribution in [0, 0.1) is 0 Å². The molecule has 0 spiro atoms. The molecule has 8 unspecified atom stereocenters. The van der Waals surface area contributed by atoms with E-state index < -0.39 is 67.4 Å². The third-order valence-corrected chi connectivity index (χ3v) is 16.8. The van der Waals surface area contributed by atoms with Crippen molar-refractivity contribution in [3.63, 3.8) is 0 Å². The van der Waals surface area contributed by atoms with E-state index in [9.17, 15) is 35.1 Å². The van der Waals surface area contributed by atoms with Gasteiger partial charge in [-0.1, -0.05) is 298 Å². The monoisotopic (exact) mass is 1220 g/mol. The summed E-state index contributed by atoms with van der Waals surface area (Å²) in [6, 6.07) is -1.03. The minimum absolute atomic E-state index is 0.120. The Morgan fingerprint density at radius 2 is 0.793 bits per heavy atom. The first-order valence-corrected chi connectivity index (χ1v) is 36.4. The smallest absolute Gasteiger partial charge is 0.306 e. The highest BCUT2D eigenvalue weighted by Crippen LogP contribution is 2.26. The zero-order valence-electron chi connectivity index (χ0n) is 56.1. The van der Waals surface area contributed by atoms with Crippen molar-refractivity contribution >= 4 is 11.9 Å². The Bertz CT molecular complexity index is 1740. The van der Waals surface area contributed by atoms with Crippen molar-refractivity contribution in [2.75, 3.05) is 13.2 Å². The fourth-order valence-corrected chi connectivity index (χ4v) is 11.0.